The van der Waals surface area contributed by atoms with Crippen molar-refractivity contribution in [3.63, 3.8) is 0 Å². The van der Waals surface area contributed by atoms with Gasteiger partial charge in [-0.05, 0) is 36.1 Å². The van der Waals surface area contributed by atoms with Crippen molar-refractivity contribution in [1.82, 2.24) is 4.90 Å². The lowest BCUT2D eigenvalue weighted by Gasteiger charge is -2.41. The number of aliphatic hydroxyl groups excluding tert-OH is 1. The predicted molar refractivity (Wildman–Crippen MR) is 71.1 cm³/mol. The van der Waals surface area contributed by atoms with Gasteiger partial charge in [-0.3, -0.25) is 4.90 Å². The van der Waals surface area contributed by atoms with Gasteiger partial charge in [0.05, 0.1) is 6.10 Å². The molecule has 1 aromatic rings. The van der Waals surface area contributed by atoms with Crippen LogP contribution in [0.3, 0.4) is 0 Å². The fraction of sp³-hybridized carbons (Fsp3) is 0.571. The van der Waals surface area contributed by atoms with E-state index < -0.39 is 0 Å². The summed E-state index contributed by atoms with van der Waals surface area (Å²) >= 11 is 5.97. The average Bonchev–Trinajstić information content (AvgIpc) is 2.24. The molecule has 2 rings (SSSR count). The Bertz CT molecular complexity index is 392. The molecule has 1 aliphatic rings. The Balaban J connectivity index is 1.97. The Hall–Kier alpha value is -0.570. The average molecular weight is 254 g/mol. The van der Waals surface area contributed by atoms with Crippen LogP contribution in [0.5, 0.6) is 0 Å². The second kappa shape index (κ2) is 4.97. The Kier molecular flexibility index (Phi) is 3.76. The molecule has 0 spiro atoms. The van der Waals surface area contributed by atoms with E-state index in [0.29, 0.717) is 0 Å². The molecule has 1 N–H and O–H groups in total. The van der Waals surface area contributed by atoms with E-state index in [-0.39, 0.29) is 11.5 Å². The number of hydrogen-bond acceptors (Lipinski definition) is 2. The van der Waals surface area contributed by atoms with Gasteiger partial charge in [0.15, 0.2) is 0 Å². The maximum absolute atomic E-state index is 10.1. The molecular formula is C14H20ClNO. The molecular weight excluding hydrogens is 234 g/mol. The first-order valence-electron chi connectivity index (χ1n) is 6.12. The standard InChI is InChI=1S/C14H20ClNO/c1-14(2)6-7-16(10-13(14)17)9-11-4-3-5-12(15)8-11/h3-5,8,13,17H,6-7,9-10H2,1-2H3. The number of rotatable bonds is 2. The molecule has 1 aliphatic heterocycles. The quantitative estimate of drug-likeness (QED) is 0.876. The topological polar surface area (TPSA) is 23.5 Å². The number of likely N-dealkylation sites (tertiary alicyclic amines) is 1. The monoisotopic (exact) mass is 253 g/mol. The minimum atomic E-state index is -0.240. The molecule has 1 saturated heterocycles. The highest BCUT2D eigenvalue weighted by Crippen LogP contribution is 2.30. The van der Waals surface area contributed by atoms with E-state index in [1.807, 2.05) is 18.2 Å². The molecule has 94 valence electrons. The van der Waals surface area contributed by atoms with Gasteiger partial charge in [-0.1, -0.05) is 37.6 Å². The van der Waals surface area contributed by atoms with Gasteiger partial charge < -0.3 is 5.11 Å². The summed E-state index contributed by atoms with van der Waals surface area (Å²) < 4.78 is 0. The van der Waals surface area contributed by atoms with Gasteiger partial charge in [0.25, 0.3) is 0 Å². The highest BCUT2D eigenvalue weighted by Gasteiger charge is 2.33. The summed E-state index contributed by atoms with van der Waals surface area (Å²) in [6.45, 7) is 6.92. The molecule has 1 heterocycles. The van der Waals surface area contributed by atoms with Gasteiger partial charge in [0.1, 0.15) is 0 Å². The summed E-state index contributed by atoms with van der Waals surface area (Å²) in [6.07, 6.45) is 0.796. The summed E-state index contributed by atoms with van der Waals surface area (Å²) in [7, 11) is 0. The fourth-order valence-corrected chi connectivity index (χ4v) is 2.45. The Morgan fingerprint density at radius 2 is 2.24 bits per heavy atom. The van der Waals surface area contributed by atoms with Crippen LogP contribution in [0.4, 0.5) is 0 Å². The van der Waals surface area contributed by atoms with E-state index in [2.05, 4.69) is 24.8 Å². The minimum Gasteiger partial charge on any atom is -0.391 e. The van der Waals surface area contributed by atoms with Crippen molar-refractivity contribution in [3.05, 3.63) is 34.9 Å². The fourth-order valence-electron chi connectivity index (χ4n) is 2.23. The van der Waals surface area contributed by atoms with E-state index in [9.17, 15) is 5.11 Å². The van der Waals surface area contributed by atoms with Crippen LogP contribution in [-0.2, 0) is 6.54 Å². The number of benzene rings is 1. The van der Waals surface area contributed by atoms with Crippen LogP contribution in [0.1, 0.15) is 25.8 Å². The lowest BCUT2D eigenvalue weighted by atomic mass is 9.80. The van der Waals surface area contributed by atoms with Gasteiger partial charge in [-0.15, -0.1) is 0 Å². The Labute approximate surface area is 108 Å². The first kappa shape index (κ1) is 12.9. The first-order valence-corrected chi connectivity index (χ1v) is 6.50. The number of piperidine rings is 1. The number of hydrogen-bond donors (Lipinski definition) is 1. The van der Waals surface area contributed by atoms with Crippen molar-refractivity contribution >= 4 is 11.6 Å². The summed E-state index contributed by atoms with van der Waals surface area (Å²) in [4.78, 5) is 2.29. The Morgan fingerprint density at radius 3 is 2.88 bits per heavy atom. The maximum Gasteiger partial charge on any atom is 0.0718 e. The summed E-state index contributed by atoms with van der Waals surface area (Å²) in [5, 5.41) is 10.9. The normalized spacial score (nSPS) is 24.8. The predicted octanol–water partition coefficient (Wildman–Crippen LogP) is 2.93. The number of β-amino-alcohol motifs (C(OH)–C–C–N with tert-alkyl or cyclic N) is 1. The first-order chi connectivity index (χ1) is 7.97. The second-order valence-corrected chi connectivity index (χ2v) is 6.06. The van der Waals surface area contributed by atoms with Crippen LogP contribution in [0.2, 0.25) is 5.02 Å². The van der Waals surface area contributed by atoms with E-state index in [1.54, 1.807) is 0 Å². The highest BCUT2D eigenvalue weighted by atomic mass is 35.5. The van der Waals surface area contributed by atoms with Gasteiger partial charge in [-0.25, -0.2) is 0 Å². The second-order valence-electron chi connectivity index (χ2n) is 5.62. The molecule has 1 unspecified atom stereocenters. The van der Waals surface area contributed by atoms with Crippen molar-refractivity contribution < 1.29 is 5.11 Å². The molecule has 1 fully saturated rings. The molecule has 0 saturated carbocycles. The van der Waals surface area contributed by atoms with Gasteiger partial charge in [0, 0.05) is 18.1 Å². The molecule has 2 nitrogen and oxygen atoms in total. The van der Waals surface area contributed by atoms with Crippen molar-refractivity contribution in [2.24, 2.45) is 5.41 Å². The summed E-state index contributed by atoms with van der Waals surface area (Å²) in [5.41, 5.74) is 1.26. The smallest absolute Gasteiger partial charge is 0.0718 e. The minimum absolute atomic E-state index is 0.0465. The van der Waals surface area contributed by atoms with Crippen LogP contribution < -0.4 is 0 Å². The zero-order chi connectivity index (χ0) is 12.5. The van der Waals surface area contributed by atoms with E-state index in [1.165, 1.54) is 5.56 Å². The largest absolute Gasteiger partial charge is 0.391 e. The zero-order valence-corrected chi connectivity index (χ0v) is 11.2. The number of nitrogens with zero attached hydrogens (tertiary/aromatic N) is 1. The third kappa shape index (κ3) is 3.21. The van der Waals surface area contributed by atoms with Gasteiger partial charge in [-0.2, -0.15) is 0 Å². The van der Waals surface area contributed by atoms with Crippen LogP contribution in [0.25, 0.3) is 0 Å². The molecule has 0 aromatic heterocycles. The van der Waals surface area contributed by atoms with Crippen LogP contribution in [0.15, 0.2) is 24.3 Å². The zero-order valence-electron chi connectivity index (χ0n) is 10.5. The van der Waals surface area contributed by atoms with Crippen LogP contribution in [0, 0.1) is 5.41 Å². The van der Waals surface area contributed by atoms with Crippen LogP contribution in [-0.4, -0.2) is 29.2 Å². The van der Waals surface area contributed by atoms with Crippen LogP contribution >= 0.6 is 11.6 Å². The Morgan fingerprint density at radius 1 is 1.47 bits per heavy atom. The van der Waals surface area contributed by atoms with Crippen molar-refractivity contribution in [2.45, 2.75) is 32.9 Å². The highest BCUT2D eigenvalue weighted by molar-refractivity contribution is 6.30. The van der Waals surface area contributed by atoms with Gasteiger partial charge in [0.2, 0.25) is 0 Å². The molecule has 1 aromatic carbocycles. The van der Waals surface area contributed by atoms with Crippen molar-refractivity contribution in [1.29, 1.82) is 0 Å². The maximum atomic E-state index is 10.1. The number of aliphatic hydroxyl groups is 1. The lowest BCUT2D eigenvalue weighted by molar-refractivity contribution is -0.0278. The molecule has 3 heteroatoms. The van der Waals surface area contributed by atoms with E-state index >= 15 is 0 Å². The number of halogens is 1. The third-order valence-electron chi connectivity index (χ3n) is 3.70. The summed E-state index contributed by atoms with van der Waals surface area (Å²) in [5.74, 6) is 0. The molecule has 1 atom stereocenters. The lowest BCUT2D eigenvalue weighted by Crippen LogP contribution is -2.47. The molecule has 0 bridgehead atoms. The summed E-state index contributed by atoms with van der Waals surface area (Å²) in [6, 6.07) is 7.94. The SMILES string of the molecule is CC1(C)CCN(Cc2cccc(Cl)c2)CC1O. The van der Waals surface area contributed by atoms with Crippen molar-refractivity contribution in [2.75, 3.05) is 13.1 Å². The van der Waals surface area contributed by atoms with Gasteiger partial charge >= 0.3 is 0 Å². The van der Waals surface area contributed by atoms with Crippen molar-refractivity contribution in [3.8, 4) is 0 Å². The molecule has 0 aliphatic carbocycles. The molecule has 17 heavy (non-hydrogen) atoms. The molecule has 0 radical (unpaired) electrons. The van der Waals surface area contributed by atoms with E-state index in [0.717, 1.165) is 31.1 Å². The third-order valence-corrected chi connectivity index (χ3v) is 3.94. The van der Waals surface area contributed by atoms with E-state index in [4.69, 9.17) is 11.6 Å². The molecule has 0 amide bonds.